The second-order valence-corrected chi connectivity index (χ2v) is 6.81. The number of aryl methyl sites for hydroxylation is 1. The fourth-order valence-corrected chi connectivity index (χ4v) is 4.71. The van der Waals surface area contributed by atoms with E-state index in [0.29, 0.717) is 10.0 Å². The lowest BCUT2D eigenvalue weighted by molar-refractivity contribution is -0.146. The number of fused-ring (bicyclic) bond motifs is 2. The van der Waals surface area contributed by atoms with Crippen LogP contribution in [0.5, 0.6) is 0 Å². The molecule has 0 radical (unpaired) electrons. The molecule has 21 heavy (non-hydrogen) atoms. The van der Waals surface area contributed by atoms with E-state index in [1.807, 2.05) is 0 Å². The first-order valence-corrected chi connectivity index (χ1v) is 7.78. The average Bonchev–Trinajstić information content (AvgIpc) is 3.04. The van der Waals surface area contributed by atoms with Crippen molar-refractivity contribution >= 4 is 32.6 Å². The van der Waals surface area contributed by atoms with Crippen LogP contribution in [-0.4, -0.2) is 19.8 Å². The van der Waals surface area contributed by atoms with Crippen LogP contribution in [0.15, 0.2) is 0 Å². The largest absolute Gasteiger partial charge is 0.453 e. The summed E-state index contributed by atoms with van der Waals surface area (Å²) < 4.78 is 39.2. The Bertz CT molecular complexity index is 844. The standard InChI is InChI=1S/C11H8F3N5S2/c12-11(13,14)9-16-17-10-19(9)18-8(21-10)6-4-2-1-3-5(4)20-7(6)15/h1-3,15H2. The van der Waals surface area contributed by atoms with Crippen LogP contribution >= 0.6 is 22.7 Å². The molecule has 110 valence electrons. The van der Waals surface area contributed by atoms with Gasteiger partial charge in [0.2, 0.25) is 4.96 Å². The Morgan fingerprint density at radius 1 is 1.14 bits per heavy atom. The van der Waals surface area contributed by atoms with Crippen molar-refractivity contribution in [2.75, 3.05) is 5.73 Å². The Morgan fingerprint density at radius 2 is 1.95 bits per heavy atom. The van der Waals surface area contributed by atoms with Gasteiger partial charge in [0, 0.05) is 4.88 Å². The smallest absolute Gasteiger partial charge is 0.390 e. The van der Waals surface area contributed by atoms with Gasteiger partial charge in [-0.15, -0.1) is 21.5 Å². The van der Waals surface area contributed by atoms with Gasteiger partial charge < -0.3 is 5.73 Å². The minimum Gasteiger partial charge on any atom is -0.390 e. The molecule has 3 aromatic heterocycles. The maximum atomic E-state index is 12.8. The molecule has 1 aliphatic rings. The van der Waals surface area contributed by atoms with Crippen molar-refractivity contribution in [2.24, 2.45) is 0 Å². The lowest BCUT2D eigenvalue weighted by atomic mass is 10.1. The molecule has 0 amide bonds. The van der Waals surface area contributed by atoms with Gasteiger partial charge in [0.15, 0.2) is 5.01 Å². The zero-order valence-corrected chi connectivity index (χ0v) is 12.1. The molecule has 5 nitrogen and oxygen atoms in total. The monoisotopic (exact) mass is 331 g/mol. The Kier molecular flexibility index (Phi) is 2.58. The number of hydrogen-bond acceptors (Lipinski definition) is 6. The van der Waals surface area contributed by atoms with Gasteiger partial charge in [-0.05, 0) is 24.8 Å². The molecular weight excluding hydrogens is 323 g/mol. The van der Waals surface area contributed by atoms with Crippen LogP contribution in [0, 0.1) is 0 Å². The first-order valence-electron chi connectivity index (χ1n) is 6.15. The SMILES string of the molecule is Nc1sc2c(c1-c1nn3c(C(F)(F)F)nnc3s1)CCC2. The zero-order chi connectivity index (χ0) is 14.8. The van der Waals surface area contributed by atoms with Crippen molar-refractivity contribution in [2.45, 2.75) is 25.4 Å². The lowest BCUT2D eigenvalue weighted by Gasteiger charge is -2.01. The summed E-state index contributed by atoms with van der Waals surface area (Å²) in [6.07, 6.45) is -1.66. The fraction of sp³-hybridized carbons (Fsp3) is 0.364. The Hall–Kier alpha value is -1.68. The highest BCUT2D eigenvalue weighted by atomic mass is 32.1. The summed E-state index contributed by atoms with van der Waals surface area (Å²) in [5.74, 6) is -1.11. The summed E-state index contributed by atoms with van der Waals surface area (Å²) in [5, 5.41) is 11.8. The molecule has 0 saturated carbocycles. The maximum absolute atomic E-state index is 12.8. The van der Waals surface area contributed by atoms with Crippen molar-refractivity contribution < 1.29 is 13.2 Å². The number of nitrogens with zero attached hydrogens (tertiary/aromatic N) is 4. The zero-order valence-electron chi connectivity index (χ0n) is 10.4. The normalized spacial score (nSPS) is 15.0. The summed E-state index contributed by atoms with van der Waals surface area (Å²) in [6, 6.07) is 0. The summed E-state index contributed by atoms with van der Waals surface area (Å²) in [4.78, 5) is 1.33. The highest BCUT2D eigenvalue weighted by Crippen LogP contribution is 2.44. The molecule has 0 unspecified atom stereocenters. The van der Waals surface area contributed by atoms with Gasteiger partial charge in [0.25, 0.3) is 5.82 Å². The summed E-state index contributed by atoms with van der Waals surface area (Å²) in [6.45, 7) is 0. The Balaban J connectivity index is 1.91. The van der Waals surface area contributed by atoms with Crippen LogP contribution in [-0.2, 0) is 19.0 Å². The minimum absolute atomic E-state index is 0.120. The topological polar surface area (TPSA) is 69.1 Å². The average molecular weight is 331 g/mol. The third kappa shape index (κ3) is 1.85. The quantitative estimate of drug-likeness (QED) is 0.744. The van der Waals surface area contributed by atoms with Crippen LogP contribution in [0.3, 0.4) is 0 Å². The van der Waals surface area contributed by atoms with Crippen molar-refractivity contribution in [1.82, 2.24) is 19.8 Å². The van der Waals surface area contributed by atoms with Crippen molar-refractivity contribution in [3.8, 4) is 10.6 Å². The van der Waals surface area contributed by atoms with E-state index in [0.717, 1.165) is 46.2 Å². The fourth-order valence-electron chi connectivity index (χ4n) is 2.55. The van der Waals surface area contributed by atoms with Gasteiger partial charge in [-0.1, -0.05) is 11.3 Å². The number of anilines is 1. The minimum atomic E-state index is -4.58. The number of hydrogen-bond donors (Lipinski definition) is 1. The van der Waals surface area contributed by atoms with Crippen LogP contribution in [0.4, 0.5) is 18.2 Å². The molecule has 10 heteroatoms. The molecule has 0 saturated heterocycles. The molecular formula is C11H8F3N5S2. The van der Waals surface area contributed by atoms with E-state index in [2.05, 4.69) is 15.3 Å². The van der Waals surface area contributed by atoms with E-state index in [9.17, 15) is 13.2 Å². The molecule has 0 aromatic carbocycles. The lowest BCUT2D eigenvalue weighted by Crippen LogP contribution is -2.11. The van der Waals surface area contributed by atoms with Crippen LogP contribution < -0.4 is 5.73 Å². The van der Waals surface area contributed by atoms with E-state index >= 15 is 0 Å². The van der Waals surface area contributed by atoms with E-state index in [-0.39, 0.29) is 4.96 Å². The number of rotatable bonds is 1. The van der Waals surface area contributed by atoms with Gasteiger partial charge in [-0.2, -0.15) is 22.8 Å². The number of aromatic nitrogens is 4. The van der Waals surface area contributed by atoms with Crippen molar-refractivity contribution in [1.29, 1.82) is 0 Å². The number of nitrogens with two attached hydrogens (primary N) is 1. The van der Waals surface area contributed by atoms with Gasteiger partial charge >= 0.3 is 6.18 Å². The van der Waals surface area contributed by atoms with E-state index in [4.69, 9.17) is 5.73 Å². The second kappa shape index (κ2) is 4.17. The summed E-state index contributed by atoms with van der Waals surface area (Å²) >= 11 is 2.57. The molecule has 4 rings (SSSR count). The number of halogens is 3. The third-order valence-electron chi connectivity index (χ3n) is 3.41. The molecule has 0 aliphatic heterocycles. The first-order chi connectivity index (χ1) is 9.95. The maximum Gasteiger partial charge on any atom is 0.453 e. The van der Waals surface area contributed by atoms with E-state index < -0.39 is 12.0 Å². The summed E-state index contributed by atoms with van der Waals surface area (Å²) in [5.41, 5.74) is 7.91. The highest BCUT2D eigenvalue weighted by molar-refractivity contribution is 7.21. The van der Waals surface area contributed by atoms with Gasteiger partial charge in [-0.25, -0.2) is 0 Å². The van der Waals surface area contributed by atoms with E-state index in [1.165, 1.54) is 16.2 Å². The molecule has 2 N–H and O–H groups in total. The molecule has 1 aliphatic carbocycles. The molecule has 3 heterocycles. The number of alkyl halides is 3. The van der Waals surface area contributed by atoms with Crippen LogP contribution in [0.25, 0.3) is 15.5 Å². The van der Waals surface area contributed by atoms with Crippen molar-refractivity contribution in [3.05, 3.63) is 16.3 Å². The van der Waals surface area contributed by atoms with Crippen LogP contribution in [0.2, 0.25) is 0 Å². The molecule has 0 atom stereocenters. The second-order valence-electron chi connectivity index (χ2n) is 4.72. The molecule has 0 fully saturated rings. The van der Waals surface area contributed by atoms with Gasteiger partial charge in [-0.3, -0.25) is 0 Å². The Morgan fingerprint density at radius 3 is 2.71 bits per heavy atom. The van der Waals surface area contributed by atoms with Gasteiger partial charge in [0.05, 0.1) is 10.6 Å². The number of nitrogen functional groups attached to an aromatic ring is 1. The van der Waals surface area contributed by atoms with Gasteiger partial charge in [0.1, 0.15) is 0 Å². The predicted molar refractivity (Wildman–Crippen MR) is 73.4 cm³/mol. The number of thiophene rings is 1. The molecule has 0 bridgehead atoms. The third-order valence-corrected chi connectivity index (χ3v) is 5.44. The van der Waals surface area contributed by atoms with Crippen LogP contribution in [0.1, 0.15) is 22.7 Å². The predicted octanol–water partition coefficient (Wildman–Crippen LogP) is 3.00. The van der Waals surface area contributed by atoms with E-state index in [1.54, 1.807) is 0 Å². The molecule has 3 aromatic rings. The Labute approximate surface area is 124 Å². The van der Waals surface area contributed by atoms with Crippen molar-refractivity contribution in [3.63, 3.8) is 0 Å². The first kappa shape index (κ1) is 13.0. The summed E-state index contributed by atoms with van der Waals surface area (Å²) in [7, 11) is 0. The highest BCUT2D eigenvalue weighted by Gasteiger charge is 2.38. The molecule has 0 spiro atoms.